The molecule has 0 heterocycles. The van der Waals surface area contributed by atoms with Crippen molar-refractivity contribution in [1.82, 2.24) is 10.0 Å². The van der Waals surface area contributed by atoms with Crippen molar-refractivity contribution < 1.29 is 13.2 Å². The topological polar surface area (TPSA) is 67.4 Å². The summed E-state index contributed by atoms with van der Waals surface area (Å²) in [6, 6.07) is 12.3. The lowest BCUT2D eigenvalue weighted by Crippen LogP contribution is -2.33. The number of ether oxygens (including phenoxy) is 1. The molecule has 2 aromatic rings. The van der Waals surface area contributed by atoms with Gasteiger partial charge in [-0.2, -0.15) is 0 Å². The Morgan fingerprint density at radius 2 is 1.79 bits per heavy atom. The van der Waals surface area contributed by atoms with Crippen molar-refractivity contribution in [2.75, 3.05) is 26.2 Å². The summed E-state index contributed by atoms with van der Waals surface area (Å²) in [5.41, 5.74) is 2.21. The zero-order valence-electron chi connectivity index (χ0n) is 17.3. The van der Waals surface area contributed by atoms with Crippen LogP contribution in [-0.2, 0) is 10.0 Å². The Morgan fingerprint density at radius 1 is 1.11 bits per heavy atom. The highest BCUT2D eigenvalue weighted by molar-refractivity contribution is 7.90. The zero-order valence-corrected chi connectivity index (χ0v) is 18.1. The molecule has 6 heteroatoms. The minimum atomic E-state index is -3.24. The number of sulfonamides is 1. The van der Waals surface area contributed by atoms with Gasteiger partial charge in [-0.3, -0.25) is 0 Å². The van der Waals surface area contributed by atoms with Crippen LogP contribution in [0.15, 0.2) is 48.6 Å². The van der Waals surface area contributed by atoms with Crippen LogP contribution in [0.25, 0.3) is 10.8 Å². The molecule has 0 aromatic heterocycles. The van der Waals surface area contributed by atoms with Crippen LogP contribution < -0.4 is 14.8 Å². The van der Waals surface area contributed by atoms with Crippen molar-refractivity contribution in [3.05, 3.63) is 54.1 Å². The number of rotatable bonds is 11. The second-order valence-electron chi connectivity index (χ2n) is 7.59. The molecule has 1 unspecified atom stereocenters. The van der Waals surface area contributed by atoms with E-state index in [-0.39, 0.29) is 5.92 Å². The van der Waals surface area contributed by atoms with Crippen LogP contribution in [0.4, 0.5) is 0 Å². The molecular formula is C22H32N2O3S. The Bertz CT molecular complexity index is 907. The average Bonchev–Trinajstić information content (AvgIpc) is 2.65. The highest BCUT2D eigenvalue weighted by Crippen LogP contribution is 2.25. The van der Waals surface area contributed by atoms with Crippen molar-refractivity contribution in [2.45, 2.75) is 38.9 Å². The molecule has 0 fully saturated rings. The van der Waals surface area contributed by atoms with Gasteiger partial charge in [0.25, 0.3) is 0 Å². The fourth-order valence-electron chi connectivity index (χ4n) is 2.71. The summed E-state index contributed by atoms with van der Waals surface area (Å²) in [6.07, 6.45) is 0. The predicted molar refractivity (Wildman–Crippen MR) is 118 cm³/mol. The van der Waals surface area contributed by atoms with E-state index < -0.39 is 15.3 Å². The molecule has 0 amide bonds. The maximum Gasteiger partial charge on any atom is 0.213 e. The van der Waals surface area contributed by atoms with Gasteiger partial charge in [-0.1, -0.05) is 43.3 Å². The normalized spacial score (nSPS) is 13.0. The summed E-state index contributed by atoms with van der Waals surface area (Å²) in [6.45, 7) is 13.8. The van der Waals surface area contributed by atoms with Gasteiger partial charge < -0.3 is 10.1 Å². The highest BCUT2D eigenvalue weighted by Gasteiger charge is 2.17. The first-order valence-electron chi connectivity index (χ1n) is 9.69. The van der Waals surface area contributed by atoms with Crippen molar-refractivity contribution in [2.24, 2.45) is 0 Å². The summed E-state index contributed by atoms with van der Waals surface area (Å²) in [5.74, 6) is 0.934. The van der Waals surface area contributed by atoms with Gasteiger partial charge in [-0.05, 0) is 55.2 Å². The fraction of sp³-hybridized carbons (Fsp3) is 0.455. The van der Waals surface area contributed by atoms with Crippen molar-refractivity contribution in [3.63, 3.8) is 0 Å². The van der Waals surface area contributed by atoms with E-state index >= 15 is 0 Å². The summed E-state index contributed by atoms with van der Waals surface area (Å²) in [4.78, 5) is 0. The van der Waals surface area contributed by atoms with E-state index in [1.54, 1.807) is 13.8 Å². The third-order valence-electron chi connectivity index (χ3n) is 4.59. The van der Waals surface area contributed by atoms with Crippen LogP contribution in [0.3, 0.4) is 0 Å². The van der Waals surface area contributed by atoms with E-state index in [1.165, 1.54) is 0 Å². The number of hydrogen-bond donors (Lipinski definition) is 2. The summed E-state index contributed by atoms with van der Waals surface area (Å²) in [7, 11) is -3.24. The van der Waals surface area contributed by atoms with Gasteiger partial charge >= 0.3 is 0 Å². The molecule has 0 aliphatic rings. The number of nitrogens with one attached hydrogen (secondary N) is 2. The molecule has 2 aromatic carbocycles. The van der Waals surface area contributed by atoms with Crippen LogP contribution in [0, 0.1) is 0 Å². The molecule has 0 aliphatic carbocycles. The molecule has 0 radical (unpaired) electrons. The zero-order chi connectivity index (χ0) is 20.7. The standard InChI is InChI=1S/C22H32N2O3S/c1-16(2)14-23-10-11-27-22-9-8-20-12-19(6-7-21(20)13-22)18(5)15-24-28(25,26)17(3)4/h6-9,12-13,17-18,23-24H,1,10-11,14-15H2,2-5H3. The van der Waals surface area contributed by atoms with Crippen molar-refractivity contribution in [1.29, 1.82) is 0 Å². The summed E-state index contributed by atoms with van der Waals surface area (Å²) < 4.78 is 32.4. The van der Waals surface area contributed by atoms with Crippen LogP contribution in [0.1, 0.15) is 39.2 Å². The smallest absolute Gasteiger partial charge is 0.213 e. The Kier molecular flexibility index (Phi) is 8.04. The molecule has 0 saturated heterocycles. The van der Waals surface area contributed by atoms with Gasteiger partial charge in [-0.25, -0.2) is 13.1 Å². The Morgan fingerprint density at radius 3 is 2.46 bits per heavy atom. The summed E-state index contributed by atoms with van der Waals surface area (Å²) in [5, 5.41) is 5.06. The van der Waals surface area contributed by atoms with E-state index in [9.17, 15) is 8.42 Å². The lowest BCUT2D eigenvalue weighted by Gasteiger charge is -2.16. The minimum Gasteiger partial charge on any atom is -0.492 e. The third-order valence-corrected chi connectivity index (χ3v) is 6.40. The van der Waals surface area contributed by atoms with Crippen molar-refractivity contribution >= 4 is 20.8 Å². The van der Waals surface area contributed by atoms with E-state index in [2.05, 4.69) is 34.8 Å². The Balaban J connectivity index is 1.97. The Hall–Kier alpha value is -1.89. The summed E-state index contributed by atoms with van der Waals surface area (Å²) >= 11 is 0. The first-order valence-corrected chi connectivity index (χ1v) is 11.2. The predicted octanol–water partition coefficient (Wildman–Crippen LogP) is 3.82. The maximum absolute atomic E-state index is 11.9. The fourth-order valence-corrected chi connectivity index (χ4v) is 3.52. The lowest BCUT2D eigenvalue weighted by atomic mass is 9.98. The van der Waals surface area contributed by atoms with E-state index in [1.807, 2.05) is 32.0 Å². The molecule has 0 bridgehead atoms. The van der Waals surface area contributed by atoms with Crippen LogP contribution >= 0.6 is 0 Å². The molecule has 2 N–H and O–H groups in total. The van der Waals surface area contributed by atoms with Crippen LogP contribution in [0.2, 0.25) is 0 Å². The molecule has 0 spiro atoms. The van der Waals surface area contributed by atoms with Crippen LogP contribution in [-0.4, -0.2) is 39.9 Å². The highest BCUT2D eigenvalue weighted by atomic mass is 32.2. The average molecular weight is 405 g/mol. The van der Waals surface area contributed by atoms with Gasteiger partial charge in [-0.15, -0.1) is 0 Å². The maximum atomic E-state index is 11.9. The molecular weight excluding hydrogens is 372 g/mol. The van der Waals surface area contributed by atoms with Crippen LogP contribution in [0.5, 0.6) is 5.75 Å². The first kappa shape index (κ1) is 22.4. The van der Waals surface area contributed by atoms with Crippen molar-refractivity contribution in [3.8, 4) is 5.75 Å². The SMILES string of the molecule is C=C(C)CNCCOc1ccc2cc(C(C)CNS(=O)(=O)C(C)C)ccc2c1. The Labute approximate surface area is 169 Å². The van der Waals surface area contributed by atoms with Gasteiger partial charge in [0.15, 0.2) is 0 Å². The number of hydrogen-bond acceptors (Lipinski definition) is 4. The van der Waals surface area contributed by atoms with E-state index in [0.717, 1.165) is 40.7 Å². The van der Waals surface area contributed by atoms with Gasteiger partial charge in [0.1, 0.15) is 12.4 Å². The van der Waals surface area contributed by atoms with Gasteiger partial charge in [0, 0.05) is 19.6 Å². The molecule has 154 valence electrons. The van der Waals surface area contributed by atoms with E-state index in [4.69, 9.17) is 4.74 Å². The largest absolute Gasteiger partial charge is 0.492 e. The second-order valence-corrected chi connectivity index (χ2v) is 9.92. The minimum absolute atomic E-state index is 0.0910. The van der Waals surface area contributed by atoms with Gasteiger partial charge in [0.05, 0.1) is 5.25 Å². The quantitative estimate of drug-likeness (QED) is 0.441. The number of benzene rings is 2. The molecule has 28 heavy (non-hydrogen) atoms. The molecule has 0 aliphatic heterocycles. The van der Waals surface area contributed by atoms with E-state index in [0.29, 0.717) is 13.2 Å². The van der Waals surface area contributed by atoms with Gasteiger partial charge in [0.2, 0.25) is 10.0 Å². The first-order chi connectivity index (χ1) is 13.2. The molecule has 1 atom stereocenters. The molecule has 0 saturated carbocycles. The third kappa shape index (κ3) is 6.62. The second kappa shape index (κ2) is 10.0. The monoisotopic (exact) mass is 404 g/mol. The number of fused-ring (bicyclic) bond motifs is 1. The molecule has 2 rings (SSSR count). The lowest BCUT2D eigenvalue weighted by molar-refractivity contribution is 0.316. The molecule has 5 nitrogen and oxygen atoms in total.